The molecule has 3 aromatic carbocycles. The molecule has 0 spiro atoms. The molecule has 9 heteroatoms. The van der Waals surface area contributed by atoms with Gasteiger partial charge in [0.1, 0.15) is 24.7 Å². The summed E-state index contributed by atoms with van der Waals surface area (Å²) in [6.45, 7) is 2.51. The largest absolute Gasteiger partial charge is 0.494 e. The Bertz CT molecular complexity index is 1150. The third kappa shape index (κ3) is 6.91. The number of thioether (sulfide) groups is 1. The zero-order chi connectivity index (χ0) is 24.4. The van der Waals surface area contributed by atoms with Crippen molar-refractivity contribution < 1.29 is 22.7 Å². The van der Waals surface area contributed by atoms with E-state index in [1.54, 1.807) is 48.5 Å². The summed E-state index contributed by atoms with van der Waals surface area (Å²) < 4.78 is 39.1. The number of sulfonamides is 1. The van der Waals surface area contributed by atoms with E-state index >= 15 is 0 Å². The van der Waals surface area contributed by atoms with E-state index in [1.165, 1.54) is 11.8 Å². The van der Waals surface area contributed by atoms with E-state index in [1.807, 2.05) is 43.5 Å². The van der Waals surface area contributed by atoms with E-state index in [2.05, 4.69) is 5.32 Å². The predicted molar refractivity (Wildman–Crippen MR) is 135 cm³/mol. The van der Waals surface area contributed by atoms with Gasteiger partial charge in [-0.1, -0.05) is 18.2 Å². The Kier molecular flexibility index (Phi) is 9.24. The van der Waals surface area contributed by atoms with Crippen LogP contribution in [0, 0.1) is 0 Å². The second-order valence-corrected chi connectivity index (χ2v) is 9.87. The zero-order valence-corrected chi connectivity index (χ0v) is 20.8. The van der Waals surface area contributed by atoms with Gasteiger partial charge in [0.05, 0.1) is 23.7 Å². The highest BCUT2D eigenvalue weighted by Crippen LogP contribution is 2.27. The number of carbonyl (C=O) groups is 1. The van der Waals surface area contributed by atoms with Gasteiger partial charge in [-0.25, -0.2) is 8.42 Å². The van der Waals surface area contributed by atoms with Crippen LogP contribution in [0.15, 0.2) is 88.7 Å². The number of amides is 1. The molecule has 0 aromatic heterocycles. The third-order valence-electron chi connectivity index (χ3n) is 4.81. The van der Waals surface area contributed by atoms with Crippen LogP contribution < -0.4 is 19.1 Å². The number of hydrogen-bond acceptors (Lipinski definition) is 6. The maximum absolute atomic E-state index is 13.5. The van der Waals surface area contributed by atoms with Crippen molar-refractivity contribution >= 4 is 33.4 Å². The topological polar surface area (TPSA) is 84.9 Å². The van der Waals surface area contributed by atoms with Gasteiger partial charge in [-0.05, 0) is 73.8 Å². The molecule has 1 amide bonds. The Balaban J connectivity index is 1.74. The van der Waals surface area contributed by atoms with Crippen LogP contribution in [-0.4, -0.2) is 46.9 Å². The van der Waals surface area contributed by atoms with Crippen molar-refractivity contribution in [2.45, 2.75) is 16.7 Å². The summed E-state index contributed by atoms with van der Waals surface area (Å²) in [6, 6.07) is 22.5. The predicted octanol–water partition coefficient (Wildman–Crippen LogP) is 4.20. The summed E-state index contributed by atoms with van der Waals surface area (Å²) >= 11 is 1.52. The number of hydrogen-bond donors (Lipinski definition) is 1. The molecule has 0 atom stereocenters. The van der Waals surface area contributed by atoms with Gasteiger partial charge in [0.2, 0.25) is 5.91 Å². The number of para-hydroxylation sites is 1. The Labute approximate surface area is 205 Å². The zero-order valence-electron chi connectivity index (χ0n) is 19.1. The molecule has 0 saturated heterocycles. The van der Waals surface area contributed by atoms with Crippen LogP contribution in [0.2, 0.25) is 0 Å². The molecule has 0 radical (unpaired) electrons. The van der Waals surface area contributed by atoms with Crippen molar-refractivity contribution in [3.05, 3.63) is 78.9 Å². The molecule has 7 nitrogen and oxygen atoms in total. The van der Waals surface area contributed by atoms with E-state index in [9.17, 15) is 13.2 Å². The highest BCUT2D eigenvalue weighted by Gasteiger charge is 2.27. The van der Waals surface area contributed by atoms with Crippen molar-refractivity contribution in [2.24, 2.45) is 0 Å². The lowest BCUT2D eigenvalue weighted by Crippen LogP contribution is -2.41. The first-order valence-corrected chi connectivity index (χ1v) is 13.4. The van der Waals surface area contributed by atoms with Gasteiger partial charge in [-0.2, -0.15) is 0 Å². The molecule has 1 N–H and O–H groups in total. The monoisotopic (exact) mass is 500 g/mol. The highest BCUT2D eigenvalue weighted by atomic mass is 32.2. The number of nitrogens with one attached hydrogen (secondary N) is 1. The minimum atomic E-state index is -3.98. The van der Waals surface area contributed by atoms with Gasteiger partial charge < -0.3 is 14.8 Å². The Morgan fingerprint density at radius 2 is 1.56 bits per heavy atom. The molecule has 0 saturated carbocycles. The number of carbonyl (C=O) groups excluding carboxylic acids is 1. The lowest BCUT2D eigenvalue weighted by molar-refractivity contribution is -0.119. The summed E-state index contributed by atoms with van der Waals surface area (Å²) in [5.74, 6) is 0.884. The van der Waals surface area contributed by atoms with Gasteiger partial charge in [0.15, 0.2) is 0 Å². The van der Waals surface area contributed by atoms with Crippen LogP contribution >= 0.6 is 11.8 Å². The molecule has 180 valence electrons. The SMILES string of the molecule is CCOc1ccc(N(CC(=O)NCCOc2ccccc2)S(=O)(=O)c2ccc(SC)cc2)cc1. The second-order valence-electron chi connectivity index (χ2n) is 7.13. The fraction of sp³-hybridized carbons (Fsp3) is 0.240. The van der Waals surface area contributed by atoms with Gasteiger partial charge >= 0.3 is 0 Å². The molecule has 0 aliphatic rings. The first-order chi connectivity index (χ1) is 16.4. The van der Waals surface area contributed by atoms with Gasteiger partial charge in [-0.15, -0.1) is 11.8 Å². The lowest BCUT2D eigenvalue weighted by Gasteiger charge is -2.24. The van der Waals surface area contributed by atoms with Gasteiger partial charge in [0, 0.05) is 4.90 Å². The standard InChI is InChI=1S/C25H28N2O5S2/c1-3-31-22-11-9-20(10-12-22)27(34(29,30)24-15-13-23(33-2)14-16-24)19-25(28)26-17-18-32-21-7-5-4-6-8-21/h4-16H,3,17-19H2,1-2H3,(H,26,28). The number of rotatable bonds is 12. The van der Waals surface area contributed by atoms with E-state index < -0.39 is 15.9 Å². The maximum Gasteiger partial charge on any atom is 0.264 e. The molecule has 0 aliphatic heterocycles. The summed E-state index contributed by atoms with van der Waals surface area (Å²) in [5.41, 5.74) is 0.369. The molecule has 0 unspecified atom stereocenters. The molecule has 0 heterocycles. The van der Waals surface area contributed by atoms with Crippen LogP contribution in [0.25, 0.3) is 0 Å². The van der Waals surface area contributed by atoms with E-state index in [0.29, 0.717) is 23.8 Å². The average molecular weight is 501 g/mol. The van der Waals surface area contributed by atoms with E-state index in [0.717, 1.165) is 9.20 Å². The Morgan fingerprint density at radius 1 is 0.912 bits per heavy atom. The van der Waals surface area contributed by atoms with Crippen LogP contribution in [-0.2, 0) is 14.8 Å². The smallest absolute Gasteiger partial charge is 0.264 e. The summed E-state index contributed by atoms with van der Waals surface area (Å²) in [4.78, 5) is 13.7. The van der Waals surface area contributed by atoms with E-state index in [4.69, 9.17) is 9.47 Å². The minimum absolute atomic E-state index is 0.111. The number of anilines is 1. The van der Waals surface area contributed by atoms with Crippen molar-refractivity contribution in [3.8, 4) is 11.5 Å². The number of ether oxygens (including phenoxy) is 2. The average Bonchev–Trinajstić information content (AvgIpc) is 2.86. The normalized spacial score (nSPS) is 11.0. The minimum Gasteiger partial charge on any atom is -0.494 e. The van der Waals surface area contributed by atoms with Crippen LogP contribution in [0.5, 0.6) is 11.5 Å². The second kappa shape index (κ2) is 12.3. The van der Waals surface area contributed by atoms with Gasteiger partial charge in [0.25, 0.3) is 10.0 Å². The van der Waals surface area contributed by atoms with Crippen molar-refractivity contribution in [1.82, 2.24) is 5.32 Å². The fourth-order valence-electron chi connectivity index (χ4n) is 3.13. The number of benzene rings is 3. The van der Waals surface area contributed by atoms with Crippen molar-refractivity contribution in [3.63, 3.8) is 0 Å². The van der Waals surface area contributed by atoms with E-state index in [-0.39, 0.29) is 24.6 Å². The lowest BCUT2D eigenvalue weighted by atomic mass is 10.3. The Hall–Kier alpha value is -3.17. The van der Waals surface area contributed by atoms with Crippen LogP contribution in [0.4, 0.5) is 5.69 Å². The molecule has 0 bridgehead atoms. The van der Waals surface area contributed by atoms with Crippen molar-refractivity contribution in [2.75, 3.05) is 36.9 Å². The third-order valence-corrected chi connectivity index (χ3v) is 7.34. The molecule has 34 heavy (non-hydrogen) atoms. The highest BCUT2D eigenvalue weighted by molar-refractivity contribution is 7.98. The van der Waals surface area contributed by atoms with Crippen molar-refractivity contribution in [1.29, 1.82) is 0 Å². The quantitative estimate of drug-likeness (QED) is 0.296. The first-order valence-electron chi connectivity index (χ1n) is 10.8. The molecular weight excluding hydrogens is 472 g/mol. The van der Waals surface area contributed by atoms with Gasteiger partial charge in [-0.3, -0.25) is 9.10 Å². The summed E-state index contributed by atoms with van der Waals surface area (Å²) in [6.07, 6.45) is 1.92. The molecule has 0 fully saturated rings. The Morgan fingerprint density at radius 3 is 2.18 bits per heavy atom. The molecular formula is C25H28N2O5S2. The number of nitrogens with zero attached hydrogens (tertiary/aromatic N) is 1. The summed E-state index contributed by atoms with van der Waals surface area (Å²) in [7, 11) is -3.98. The molecule has 3 aromatic rings. The molecule has 3 rings (SSSR count). The fourth-order valence-corrected chi connectivity index (χ4v) is 4.96. The first kappa shape index (κ1) is 25.5. The van der Waals surface area contributed by atoms with Crippen LogP contribution in [0.3, 0.4) is 0 Å². The molecule has 0 aliphatic carbocycles. The summed E-state index contributed by atoms with van der Waals surface area (Å²) in [5, 5.41) is 2.73. The van der Waals surface area contributed by atoms with Crippen LogP contribution in [0.1, 0.15) is 6.92 Å². The maximum atomic E-state index is 13.5.